The predicted octanol–water partition coefficient (Wildman–Crippen LogP) is 3.35. The van der Waals surface area contributed by atoms with Crippen LogP contribution in [-0.2, 0) is 10.2 Å². The Bertz CT molecular complexity index is 931. The lowest BCUT2D eigenvalue weighted by molar-refractivity contribution is -0.121. The van der Waals surface area contributed by atoms with Crippen molar-refractivity contribution < 1.29 is 14.4 Å². The van der Waals surface area contributed by atoms with E-state index in [1.807, 2.05) is 19.9 Å². The number of hydrogen-bond acceptors (Lipinski definition) is 4. The highest BCUT2D eigenvalue weighted by Crippen LogP contribution is 2.41. The van der Waals surface area contributed by atoms with Crippen LogP contribution >= 0.6 is 0 Å². The second-order valence-corrected chi connectivity index (χ2v) is 7.36. The average molecular weight is 350 g/mol. The normalized spacial score (nSPS) is 16.3. The van der Waals surface area contributed by atoms with Crippen molar-refractivity contribution in [2.75, 3.05) is 11.9 Å². The molecule has 1 amide bonds. The van der Waals surface area contributed by atoms with Crippen molar-refractivity contribution in [2.45, 2.75) is 33.1 Å². The number of amides is 1. The molecule has 5 nitrogen and oxygen atoms in total. The zero-order valence-corrected chi connectivity index (χ0v) is 15.7. The standard InChI is InChI=1S/C21H22N2O3/c1-12-10-15(8-9-22-12)19(25)13(2)18(24)14-6-7-16-17(11-14)23(5)20(26)21(16,3)4/h6-11,13H,1-5H3. The minimum absolute atomic E-state index is 0.00603. The van der Waals surface area contributed by atoms with E-state index in [1.54, 1.807) is 56.3 Å². The summed E-state index contributed by atoms with van der Waals surface area (Å²) in [6.45, 7) is 7.17. The van der Waals surface area contributed by atoms with E-state index in [4.69, 9.17) is 0 Å². The monoisotopic (exact) mass is 350 g/mol. The molecular formula is C21H22N2O3. The predicted molar refractivity (Wildman–Crippen MR) is 99.7 cm³/mol. The first-order chi connectivity index (χ1) is 12.1. The quantitative estimate of drug-likeness (QED) is 0.626. The Morgan fingerprint density at radius 2 is 1.69 bits per heavy atom. The molecule has 3 rings (SSSR count). The summed E-state index contributed by atoms with van der Waals surface area (Å²) in [4.78, 5) is 43.6. The SMILES string of the molecule is Cc1cc(C(=O)C(C)C(=O)c2ccc3c(c2)N(C)C(=O)C3(C)C)ccn1. The highest BCUT2D eigenvalue weighted by Gasteiger charge is 2.42. The molecule has 1 aromatic heterocycles. The minimum Gasteiger partial charge on any atom is -0.314 e. The lowest BCUT2D eigenvalue weighted by Gasteiger charge is -2.16. The minimum atomic E-state index is -0.801. The van der Waals surface area contributed by atoms with Gasteiger partial charge in [0.1, 0.15) is 0 Å². The van der Waals surface area contributed by atoms with E-state index in [0.717, 1.165) is 16.9 Å². The maximum atomic E-state index is 12.9. The number of aryl methyl sites for hydroxylation is 1. The molecule has 1 aromatic carbocycles. The summed E-state index contributed by atoms with van der Waals surface area (Å²) in [7, 11) is 1.71. The number of benzene rings is 1. The van der Waals surface area contributed by atoms with E-state index in [0.29, 0.717) is 11.1 Å². The van der Waals surface area contributed by atoms with Gasteiger partial charge in [0, 0.05) is 35.8 Å². The number of anilines is 1. The van der Waals surface area contributed by atoms with Gasteiger partial charge in [-0.1, -0.05) is 12.1 Å². The van der Waals surface area contributed by atoms with Crippen LogP contribution in [0.4, 0.5) is 5.69 Å². The number of pyridine rings is 1. The number of aromatic nitrogens is 1. The topological polar surface area (TPSA) is 67.3 Å². The first-order valence-corrected chi connectivity index (χ1v) is 8.58. The first kappa shape index (κ1) is 18.0. The lowest BCUT2D eigenvalue weighted by Crippen LogP contribution is -2.33. The van der Waals surface area contributed by atoms with E-state index >= 15 is 0 Å². The van der Waals surface area contributed by atoms with Gasteiger partial charge in [-0.2, -0.15) is 0 Å². The Morgan fingerprint density at radius 3 is 2.31 bits per heavy atom. The van der Waals surface area contributed by atoms with Crippen molar-refractivity contribution in [2.24, 2.45) is 5.92 Å². The number of hydrogen-bond donors (Lipinski definition) is 0. The van der Waals surface area contributed by atoms with Crippen molar-refractivity contribution in [3.63, 3.8) is 0 Å². The third-order valence-corrected chi connectivity index (χ3v) is 5.12. The van der Waals surface area contributed by atoms with E-state index in [1.165, 1.54) is 0 Å². The van der Waals surface area contributed by atoms with Crippen molar-refractivity contribution in [3.8, 4) is 0 Å². The zero-order chi connectivity index (χ0) is 19.2. The lowest BCUT2D eigenvalue weighted by atomic mass is 9.84. The van der Waals surface area contributed by atoms with E-state index < -0.39 is 11.3 Å². The van der Waals surface area contributed by atoms with Crippen molar-refractivity contribution in [1.29, 1.82) is 0 Å². The summed E-state index contributed by atoms with van der Waals surface area (Å²) in [5.74, 6) is -1.29. The smallest absolute Gasteiger partial charge is 0.236 e. The summed E-state index contributed by atoms with van der Waals surface area (Å²) in [6, 6.07) is 8.54. The van der Waals surface area contributed by atoms with Gasteiger partial charge in [-0.05, 0) is 51.5 Å². The fraction of sp³-hybridized carbons (Fsp3) is 0.333. The largest absolute Gasteiger partial charge is 0.314 e. The maximum Gasteiger partial charge on any atom is 0.236 e. The molecule has 1 aliphatic rings. The summed E-state index contributed by atoms with van der Waals surface area (Å²) < 4.78 is 0. The number of nitrogens with zero attached hydrogens (tertiary/aromatic N) is 2. The van der Waals surface area contributed by atoms with Crippen molar-refractivity contribution >= 4 is 23.2 Å². The number of carbonyl (C=O) groups excluding carboxylic acids is 3. The molecule has 1 atom stereocenters. The van der Waals surface area contributed by atoms with Gasteiger partial charge in [0.15, 0.2) is 11.6 Å². The molecule has 0 saturated heterocycles. The second kappa shape index (κ2) is 6.16. The Hall–Kier alpha value is -2.82. The molecule has 0 radical (unpaired) electrons. The van der Waals surface area contributed by atoms with Gasteiger partial charge in [-0.25, -0.2) is 0 Å². The second-order valence-electron chi connectivity index (χ2n) is 7.36. The molecular weight excluding hydrogens is 328 g/mol. The van der Waals surface area contributed by atoms with E-state index in [9.17, 15) is 14.4 Å². The highest BCUT2D eigenvalue weighted by atomic mass is 16.2. The van der Waals surface area contributed by atoms with E-state index in [-0.39, 0.29) is 17.5 Å². The summed E-state index contributed by atoms with van der Waals surface area (Å²) >= 11 is 0. The fourth-order valence-electron chi connectivity index (χ4n) is 3.45. The van der Waals surface area contributed by atoms with Crippen LogP contribution in [0.5, 0.6) is 0 Å². The molecule has 1 unspecified atom stereocenters. The summed E-state index contributed by atoms with van der Waals surface area (Å²) in [5, 5.41) is 0. The molecule has 2 heterocycles. The molecule has 5 heteroatoms. The van der Waals surface area contributed by atoms with Gasteiger partial charge < -0.3 is 4.90 Å². The Kier molecular flexibility index (Phi) is 4.26. The molecule has 134 valence electrons. The number of Topliss-reactive ketones (excluding diaryl/α,β-unsaturated/α-hetero) is 2. The maximum absolute atomic E-state index is 12.9. The number of fused-ring (bicyclic) bond motifs is 1. The Balaban J connectivity index is 1.92. The zero-order valence-electron chi connectivity index (χ0n) is 15.7. The van der Waals surface area contributed by atoms with Crippen molar-refractivity contribution in [1.82, 2.24) is 4.98 Å². The Morgan fingerprint density at radius 1 is 1.08 bits per heavy atom. The van der Waals surface area contributed by atoms with Crippen LogP contribution in [0.15, 0.2) is 36.5 Å². The number of rotatable bonds is 4. The van der Waals surface area contributed by atoms with E-state index in [2.05, 4.69) is 4.98 Å². The summed E-state index contributed by atoms with van der Waals surface area (Å²) in [5.41, 5.74) is 2.66. The molecule has 0 N–H and O–H groups in total. The summed E-state index contributed by atoms with van der Waals surface area (Å²) in [6.07, 6.45) is 1.57. The van der Waals surface area contributed by atoms with Crippen LogP contribution in [-0.4, -0.2) is 29.5 Å². The van der Waals surface area contributed by atoms with Gasteiger partial charge in [0.2, 0.25) is 5.91 Å². The fourth-order valence-corrected chi connectivity index (χ4v) is 3.45. The van der Waals surface area contributed by atoms with Crippen LogP contribution in [0, 0.1) is 12.8 Å². The average Bonchev–Trinajstić information content (AvgIpc) is 2.80. The number of carbonyl (C=O) groups is 3. The molecule has 2 aromatic rings. The molecule has 0 spiro atoms. The van der Waals surface area contributed by atoms with Gasteiger partial charge in [0.25, 0.3) is 0 Å². The third kappa shape index (κ3) is 2.73. The van der Waals surface area contributed by atoms with Crippen molar-refractivity contribution in [3.05, 3.63) is 58.9 Å². The van der Waals surface area contributed by atoms with Crippen LogP contribution in [0.1, 0.15) is 52.7 Å². The Labute approximate surface area is 153 Å². The van der Waals surface area contributed by atoms with Crippen LogP contribution < -0.4 is 4.90 Å². The number of ketones is 2. The van der Waals surface area contributed by atoms with Gasteiger partial charge >= 0.3 is 0 Å². The van der Waals surface area contributed by atoms with Crippen LogP contribution in [0.25, 0.3) is 0 Å². The van der Waals surface area contributed by atoms with Crippen LogP contribution in [0.3, 0.4) is 0 Å². The van der Waals surface area contributed by atoms with Gasteiger partial charge in [-0.3, -0.25) is 19.4 Å². The molecule has 0 fully saturated rings. The third-order valence-electron chi connectivity index (χ3n) is 5.12. The van der Waals surface area contributed by atoms with Crippen LogP contribution in [0.2, 0.25) is 0 Å². The van der Waals surface area contributed by atoms with Gasteiger partial charge in [0.05, 0.1) is 11.3 Å². The first-order valence-electron chi connectivity index (χ1n) is 8.58. The molecule has 0 saturated carbocycles. The van der Waals surface area contributed by atoms with Gasteiger partial charge in [-0.15, -0.1) is 0 Å². The molecule has 26 heavy (non-hydrogen) atoms. The molecule has 1 aliphatic heterocycles. The molecule has 0 bridgehead atoms. The highest BCUT2D eigenvalue weighted by molar-refractivity contribution is 6.16. The number of likely N-dealkylation sites (N-methyl/N-ethyl adjacent to an activating group) is 1. The molecule has 0 aliphatic carbocycles.